The monoisotopic (exact) mass is 328 g/mol. The summed E-state index contributed by atoms with van der Waals surface area (Å²) in [4.78, 5) is 15.3. The minimum absolute atomic E-state index is 0.124. The molecule has 2 rings (SSSR count). The summed E-state index contributed by atoms with van der Waals surface area (Å²) < 4.78 is 0.633. The topological polar surface area (TPSA) is 82.5 Å². The van der Waals surface area contributed by atoms with Crippen LogP contribution in [0.25, 0.3) is 0 Å². The average molecular weight is 329 g/mol. The standard InChI is InChI=1S/C13H17BrN2O3/c14-9-5-10(12(18)19)11(15-6-9)16-7-13(8-17)3-1-2-4-13/h5-6,17H,1-4,7-8H2,(H,15,16)(H,18,19). The summed E-state index contributed by atoms with van der Waals surface area (Å²) in [6.07, 6.45) is 5.73. The highest BCUT2D eigenvalue weighted by atomic mass is 79.9. The van der Waals surface area contributed by atoms with Crippen LogP contribution in [0.5, 0.6) is 0 Å². The molecule has 1 heterocycles. The Hall–Kier alpha value is -1.14. The molecule has 19 heavy (non-hydrogen) atoms. The fraction of sp³-hybridized carbons (Fsp3) is 0.538. The van der Waals surface area contributed by atoms with E-state index in [-0.39, 0.29) is 17.6 Å². The van der Waals surface area contributed by atoms with Crippen molar-refractivity contribution in [1.29, 1.82) is 0 Å². The van der Waals surface area contributed by atoms with Gasteiger partial charge in [-0.15, -0.1) is 0 Å². The van der Waals surface area contributed by atoms with Crippen LogP contribution in [0.4, 0.5) is 5.82 Å². The average Bonchev–Trinajstić information content (AvgIpc) is 2.86. The van der Waals surface area contributed by atoms with Crippen LogP contribution >= 0.6 is 15.9 Å². The third-order valence-electron chi connectivity index (χ3n) is 3.72. The van der Waals surface area contributed by atoms with E-state index in [1.165, 1.54) is 6.07 Å². The summed E-state index contributed by atoms with van der Waals surface area (Å²) >= 11 is 3.21. The van der Waals surface area contributed by atoms with E-state index in [0.29, 0.717) is 16.8 Å². The number of carbonyl (C=O) groups is 1. The number of rotatable bonds is 5. The van der Waals surface area contributed by atoms with Crippen LogP contribution in [-0.4, -0.2) is 34.3 Å². The summed E-state index contributed by atoms with van der Waals surface area (Å²) in [5, 5.41) is 21.8. The molecule has 0 saturated heterocycles. The van der Waals surface area contributed by atoms with Crippen molar-refractivity contribution in [1.82, 2.24) is 4.98 Å². The first-order valence-corrected chi connectivity index (χ1v) is 7.09. The number of carboxylic acid groups (broad SMARTS) is 1. The summed E-state index contributed by atoms with van der Waals surface area (Å²) in [7, 11) is 0. The maximum Gasteiger partial charge on any atom is 0.339 e. The van der Waals surface area contributed by atoms with Crippen molar-refractivity contribution in [3.05, 3.63) is 22.3 Å². The number of pyridine rings is 1. The van der Waals surface area contributed by atoms with Gasteiger partial charge in [0, 0.05) is 22.6 Å². The molecule has 104 valence electrons. The lowest BCUT2D eigenvalue weighted by atomic mass is 9.87. The molecule has 3 N–H and O–H groups in total. The SMILES string of the molecule is O=C(O)c1cc(Br)cnc1NCC1(CO)CCCC1. The number of aromatic carboxylic acids is 1. The fourth-order valence-electron chi connectivity index (χ4n) is 2.53. The normalized spacial score (nSPS) is 17.4. The van der Waals surface area contributed by atoms with E-state index >= 15 is 0 Å². The Morgan fingerprint density at radius 3 is 2.74 bits per heavy atom. The molecule has 1 aliphatic carbocycles. The molecule has 0 aliphatic heterocycles. The maximum absolute atomic E-state index is 11.2. The van der Waals surface area contributed by atoms with E-state index < -0.39 is 5.97 Å². The van der Waals surface area contributed by atoms with E-state index in [1.807, 2.05) is 0 Å². The molecule has 0 atom stereocenters. The van der Waals surface area contributed by atoms with Crippen LogP contribution in [0.1, 0.15) is 36.0 Å². The van der Waals surface area contributed by atoms with Crippen molar-refractivity contribution >= 4 is 27.7 Å². The van der Waals surface area contributed by atoms with Crippen LogP contribution in [0.3, 0.4) is 0 Å². The summed E-state index contributed by atoms with van der Waals surface area (Å²) in [5.41, 5.74) is 0.00492. The lowest BCUT2D eigenvalue weighted by molar-refractivity contribution is 0.0697. The highest BCUT2D eigenvalue weighted by Gasteiger charge is 2.33. The lowest BCUT2D eigenvalue weighted by Crippen LogP contribution is -2.31. The minimum Gasteiger partial charge on any atom is -0.478 e. The second-order valence-electron chi connectivity index (χ2n) is 5.07. The molecular formula is C13H17BrN2O3. The number of halogens is 1. The maximum atomic E-state index is 11.2. The number of hydrogen-bond acceptors (Lipinski definition) is 4. The van der Waals surface area contributed by atoms with Gasteiger partial charge in [-0.25, -0.2) is 9.78 Å². The van der Waals surface area contributed by atoms with E-state index in [9.17, 15) is 9.90 Å². The number of nitrogens with one attached hydrogen (secondary N) is 1. The molecule has 0 unspecified atom stereocenters. The van der Waals surface area contributed by atoms with Crippen LogP contribution in [-0.2, 0) is 0 Å². The van der Waals surface area contributed by atoms with Gasteiger partial charge in [-0.2, -0.15) is 0 Å². The van der Waals surface area contributed by atoms with E-state index in [0.717, 1.165) is 25.7 Å². The molecule has 0 aromatic carbocycles. The van der Waals surface area contributed by atoms with Gasteiger partial charge in [0.2, 0.25) is 0 Å². The fourth-order valence-corrected chi connectivity index (χ4v) is 2.86. The van der Waals surface area contributed by atoms with Crippen LogP contribution in [0, 0.1) is 5.41 Å². The summed E-state index contributed by atoms with van der Waals surface area (Å²) in [6.45, 7) is 0.678. The molecule has 1 aliphatic rings. The van der Waals surface area contributed by atoms with Gasteiger partial charge < -0.3 is 15.5 Å². The molecule has 1 aromatic rings. The number of aliphatic hydroxyl groups excluding tert-OH is 1. The van der Waals surface area contributed by atoms with E-state index in [2.05, 4.69) is 26.2 Å². The van der Waals surface area contributed by atoms with Gasteiger partial charge in [0.1, 0.15) is 11.4 Å². The number of aliphatic hydroxyl groups is 1. The zero-order valence-electron chi connectivity index (χ0n) is 10.5. The number of hydrogen-bond donors (Lipinski definition) is 3. The molecule has 1 aromatic heterocycles. The molecule has 5 nitrogen and oxygen atoms in total. The molecule has 0 bridgehead atoms. The van der Waals surface area contributed by atoms with Gasteiger partial charge in [-0.05, 0) is 34.8 Å². The molecule has 1 saturated carbocycles. The molecule has 1 fully saturated rings. The predicted octanol–water partition coefficient (Wildman–Crippen LogP) is 2.51. The Balaban J connectivity index is 2.13. The van der Waals surface area contributed by atoms with Crippen molar-refractivity contribution in [3.63, 3.8) is 0 Å². The first-order valence-electron chi connectivity index (χ1n) is 6.30. The van der Waals surface area contributed by atoms with Crippen molar-refractivity contribution in [2.24, 2.45) is 5.41 Å². The molecule has 0 amide bonds. The number of aromatic nitrogens is 1. The Morgan fingerprint density at radius 2 is 2.16 bits per heavy atom. The zero-order valence-corrected chi connectivity index (χ0v) is 12.1. The minimum atomic E-state index is -1.01. The van der Waals surface area contributed by atoms with Crippen LogP contribution in [0.15, 0.2) is 16.7 Å². The third-order valence-corrected chi connectivity index (χ3v) is 4.15. The second kappa shape index (κ2) is 5.88. The van der Waals surface area contributed by atoms with E-state index in [4.69, 9.17) is 5.11 Å². The van der Waals surface area contributed by atoms with E-state index in [1.54, 1.807) is 6.20 Å². The highest BCUT2D eigenvalue weighted by Crippen LogP contribution is 2.37. The summed E-state index contributed by atoms with van der Waals surface area (Å²) in [6, 6.07) is 1.53. The predicted molar refractivity (Wildman–Crippen MR) is 75.4 cm³/mol. The van der Waals surface area contributed by atoms with Gasteiger partial charge in [0.05, 0.1) is 6.61 Å². The Bertz CT molecular complexity index is 473. The highest BCUT2D eigenvalue weighted by molar-refractivity contribution is 9.10. The Kier molecular flexibility index (Phi) is 4.42. The number of nitrogens with zero attached hydrogens (tertiary/aromatic N) is 1. The molecule has 6 heteroatoms. The molecular weight excluding hydrogens is 312 g/mol. The van der Waals surface area contributed by atoms with Crippen molar-refractivity contribution < 1.29 is 15.0 Å². The van der Waals surface area contributed by atoms with Crippen LogP contribution in [0.2, 0.25) is 0 Å². The second-order valence-corrected chi connectivity index (χ2v) is 5.99. The number of carboxylic acids is 1. The number of anilines is 1. The Morgan fingerprint density at radius 1 is 1.47 bits per heavy atom. The first kappa shape index (κ1) is 14.3. The van der Waals surface area contributed by atoms with Crippen LogP contribution < -0.4 is 5.32 Å². The Labute approximate surface area is 120 Å². The molecule has 0 radical (unpaired) electrons. The van der Waals surface area contributed by atoms with Gasteiger partial charge in [0.15, 0.2) is 0 Å². The van der Waals surface area contributed by atoms with Crippen molar-refractivity contribution in [2.45, 2.75) is 25.7 Å². The molecule has 0 spiro atoms. The third kappa shape index (κ3) is 3.25. The lowest BCUT2D eigenvalue weighted by Gasteiger charge is -2.27. The van der Waals surface area contributed by atoms with Gasteiger partial charge >= 0.3 is 5.97 Å². The first-order chi connectivity index (χ1) is 9.06. The summed E-state index contributed by atoms with van der Waals surface area (Å²) in [5.74, 6) is -0.656. The quantitative estimate of drug-likeness (QED) is 0.773. The van der Waals surface area contributed by atoms with Gasteiger partial charge in [0.25, 0.3) is 0 Å². The van der Waals surface area contributed by atoms with Crippen molar-refractivity contribution in [3.8, 4) is 0 Å². The van der Waals surface area contributed by atoms with Gasteiger partial charge in [-0.1, -0.05) is 12.8 Å². The largest absolute Gasteiger partial charge is 0.478 e. The van der Waals surface area contributed by atoms with Crippen molar-refractivity contribution in [2.75, 3.05) is 18.5 Å². The van der Waals surface area contributed by atoms with Gasteiger partial charge in [-0.3, -0.25) is 0 Å². The smallest absolute Gasteiger partial charge is 0.339 e. The zero-order chi connectivity index (χ0) is 13.9.